The van der Waals surface area contributed by atoms with Gasteiger partial charge in [-0.05, 0) is 62.4 Å². The van der Waals surface area contributed by atoms with E-state index in [9.17, 15) is 0 Å². The van der Waals surface area contributed by atoms with Crippen molar-refractivity contribution >= 4 is 5.69 Å². The molecule has 0 atom stereocenters. The van der Waals surface area contributed by atoms with E-state index in [4.69, 9.17) is 5.73 Å². The van der Waals surface area contributed by atoms with E-state index in [1.54, 1.807) is 0 Å². The largest absolute Gasteiger partial charge is 0.399 e. The lowest BCUT2D eigenvalue weighted by atomic mass is 9.91. The zero-order chi connectivity index (χ0) is 11.2. The fourth-order valence-corrected chi connectivity index (χ4v) is 2.45. The van der Waals surface area contributed by atoms with Crippen molar-refractivity contribution in [3.63, 3.8) is 0 Å². The number of anilines is 1. The molecule has 0 unspecified atom stereocenters. The second-order valence-corrected chi connectivity index (χ2v) is 4.83. The standard InChI is InChI=1S/C14H22N2/c15-14-6-4-12(5-7-14)2-1-3-13-8-10-16-11-9-13/h4-7,13,16H,1-3,8-11,15H2. The van der Waals surface area contributed by atoms with E-state index in [0.717, 1.165) is 11.6 Å². The van der Waals surface area contributed by atoms with Gasteiger partial charge in [0.1, 0.15) is 0 Å². The average Bonchev–Trinajstić information content (AvgIpc) is 2.33. The van der Waals surface area contributed by atoms with Crippen molar-refractivity contribution in [2.45, 2.75) is 32.1 Å². The van der Waals surface area contributed by atoms with Crippen molar-refractivity contribution in [2.75, 3.05) is 18.8 Å². The smallest absolute Gasteiger partial charge is 0.0314 e. The van der Waals surface area contributed by atoms with Gasteiger partial charge in [0.15, 0.2) is 0 Å². The van der Waals surface area contributed by atoms with Crippen LogP contribution in [0.4, 0.5) is 5.69 Å². The molecule has 1 saturated heterocycles. The van der Waals surface area contributed by atoms with E-state index in [2.05, 4.69) is 17.4 Å². The van der Waals surface area contributed by atoms with Gasteiger partial charge in [-0.25, -0.2) is 0 Å². The van der Waals surface area contributed by atoms with E-state index in [1.807, 2.05) is 12.1 Å². The molecular formula is C14H22N2. The predicted molar refractivity (Wildman–Crippen MR) is 69.4 cm³/mol. The maximum absolute atomic E-state index is 5.67. The molecule has 1 aromatic rings. The fourth-order valence-electron chi connectivity index (χ4n) is 2.45. The van der Waals surface area contributed by atoms with E-state index in [1.165, 1.54) is 50.8 Å². The van der Waals surface area contributed by atoms with Crippen LogP contribution in [0, 0.1) is 5.92 Å². The molecule has 2 nitrogen and oxygen atoms in total. The zero-order valence-electron chi connectivity index (χ0n) is 9.91. The highest BCUT2D eigenvalue weighted by atomic mass is 14.9. The van der Waals surface area contributed by atoms with Crippen LogP contribution in [0.15, 0.2) is 24.3 Å². The van der Waals surface area contributed by atoms with Crippen LogP contribution in [0.5, 0.6) is 0 Å². The molecule has 0 bridgehead atoms. The van der Waals surface area contributed by atoms with Crippen molar-refractivity contribution in [1.29, 1.82) is 0 Å². The molecule has 0 aromatic heterocycles. The van der Waals surface area contributed by atoms with Crippen molar-refractivity contribution in [3.8, 4) is 0 Å². The van der Waals surface area contributed by atoms with Crippen LogP contribution in [0.25, 0.3) is 0 Å². The quantitative estimate of drug-likeness (QED) is 0.762. The molecule has 0 radical (unpaired) electrons. The summed E-state index contributed by atoms with van der Waals surface area (Å²) in [5.74, 6) is 0.954. The first-order valence-electron chi connectivity index (χ1n) is 6.40. The fraction of sp³-hybridized carbons (Fsp3) is 0.571. The summed E-state index contributed by atoms with van der Waals surface area (Å²) >= 11 is 0. The number of piperidine rings is 1. The van der Waals surface area contributed by atoms with Crippen LogP contribution >= 0.6 is 0 Å². The molecule has 88 valence electrons. The van der Waals surface area contributed by atoms with Gasteiger partial charge in [0.2, 0.25) is 0 Å². The van der Waals surface area contributed by atoms with Crippen LogP contribution in [0.2, 0.25) is 0 Å². The number of hydrogen-bond donors (Lipinski definition) is 2. The molecule has 0 aliphatic carbocycles. The summed E-state index contributed by atoms with van der Waals surface area (Å²) in [6.07, 6.45) is 6.62. The Labute approximate surface area is 98.2 Å². The first-order chi connectivity index (χ1) is 7.84. The Balaban J connectivity index is 1.69. The molecule has 2 heteroatoms. The molecule has 3 N–H and O–H groups in total. The van der Waals surface area contributed by atoms with Gasteiger partial charge in [0.25, 0.3) is 0 Å². The van der Waals surface area contributed by atoms with Crippen LogP contribution < -0.4 is 11.1 Å². The van der Waals surface area contributed by atoms with Crippen LogP contribution in [-0.4, -0.2) is 13.1 Å². The van der Waals surface area contributed by atoms with Crippen molar-refractivity contribution in [3.05, 3.63) is 29.8 Å². The molecule has 1 heterocycles. The molecule has 0 spiro atoms. The minimum atomic E-state index is 0.863. The summed E-state index contributed by atoms with van der Waals surface area (Å²) in [5.41, 5.74) is 7.95. The number of hydrogen-bond acceptors (Lipinski definition) is 2. The monoisotopic (exact) mass is 218 g/mol. The molecular weight excluding hydrogens is 196 g/mol. The minimum Gasteiger partial charge on any atom is -0.399 e. The maximum Gasteiger partial charge on any atom is 0.0314 e. The van der Waals surface area contributed by atoms with E-state index < -0.39 is 0 Å². The van der Waals surface area contributed by atoms with Crippen molar-refractivity contribution in [2.24, 2.45) is 5.92 Å². The summed E-state index contributed by atoms with van der Waals surface area (Å²) in [4.78, 5) is 0. The summed E-state index contributed by atoms with van der Waals surface area (Å²) in [7, 11) is 0. The highest BCUT2D eigenvalue weighted by molar-refractivity contribution is 5.39. The molecule has 16 heavy (non-hydrogen) atoms. The van der Waals surface area contributed by atoms with E-state index in [-0.39, 0.29) is 0 Å². The molecule has 1 aromatic carbocycles. The number of nitrogens with two attached hydrogens (primary N) is 1. The maximum atomic E-state index is 5.67. The van der Waals surface area contributed by atoms with Gasteiger partial charge in [-0.2, -0.15) is 0 Å². The summed E-state index contributed by atoms with van der Waals surface area (Å²) in [6.45, 7) is 2.43. The lowest BCUT2D eigenvalue weighted by Gasteiger charge is -2.22. The molecule has 2 rings (SSSR count). The lowest BCUT2D eigenvalue weighted by Crippen LogP contribution is -2.27. The van der Waals surface area contributed by atoms with E-state index in [0.29, 0.717) is 0 Å². The third kappa shape index (κ3) is 3.53. The second-order valence-electron chi connectivity index (χ2n) is 4.83. The average molecular weight is 218 g/mol. The third-order valence-corrected chi connectivity index (χ3v) is 3.52. The Morgan fingerprint density at radius 1 is 1.12 bits per heavy atom. The first-order valence-corrected chi connectivity index (χ1v) is 6.40. The highest BCUT2D eigenvalue weighted by Crippen LogP contribution is 2.19. The van der Waals surface area contributed by atoms with Gasteiger partial charge >= 0.3 is 0 Å². The van der Waals surface area contributed by atoms with Crippen LogP contribution in [-0.2, 0) is 6.42 Å². The summed E-state index contributed by atoms with van der Waals surface area (Å²) < 4.78 is 0. The highest BCUT2D eigenvalue weighted by Gasteiger charge is 2.11. The number of benzene rings is 1. The Kier molecular flexibility index (Phi) is 4.23. The predicted octanol–water partition coefficient (Wildman–Crippen LogP) is 2.59. The molecule has 1 fully saturated rings. The Bertz CT molecular complexity index is 299. The topological polar surface area (TPSA) is 38.0 Å². The van der Waals surface area contributed by atoms with Gasteiger partial charge in [0, 0.05) is 5.69 Å². The zero-order valence-corrected chi connectivity index (χ0v) is 9.91. The molecule has 0 saturated carbocycles. The van der Waals surface area contributed by atoms with Gasteiger partial charge in [0.05, 0.1) is 0 Å². The van der Waals surface area contributed by atoms with Gasteiger partial charge in [-0.3, -0.25) is 0 Å². The van der Waals surface area contributed by atoms with Gasteiger partial charge in [-0.15, -0.1) is 0 Å². The summed E-state index contributed by atoms with van der Waals surface area (Å²) in [6, 6.07) is 8.30. The van der Waals surface area contributed by atoms with Crippen LogP contribution in [0.3, 0.4) is 0 Å². The normalized spacial score (nSPS) is 17.5. The third-order valence-electron chi connectivity index (χ3n) is 3.52. The molecule has 1 aliphatic rings. The van der Waals surface area contributed by atoms with E-state index >= 15 is 0 Å². The minimum absolute atomic E-state index is 0.863. The van der Waals surface area contributed by atoms with Crippen molar-refractivity contribution in [1.82, 2.24) is 5.32 Å². The van der Waals surface area contributed by atoms with Gasteiger partial charge < -0.3 is 11.1 Å². The lowest BCUT2D eigenvalue weighted by molar-refractivity contribution is 0.347. The SMILES string of the molecule is Nc1ccc(CCCC2CCNCC2)cc1. The Morgan fingerprint density at radius 3 is 2.50 bits per heavy atom. The molecule has 0 amide bonds. The first kappa shape index (κ1) is 11.5. The Morgan fingerprint density at radius 2 is 1.81 bits per heavy atom. The number of rotatable bonds is 4. The summed E-state index contributed by atoms with van der Waals surface area (Å²) in [5, 5.41) is 3.42. The van der Waals surface area contributed by atoms with Crippen LogP contribution in [0.1, 0.15) is 31.2 Å². The van der Waals surface area contributed by atoms with Crippen molar-refractivity contribution < 1.29 is 0 Å². The second kappa shape index (κ2) is 5.90. The number of aryl methyl sites for hydroxylation is 1. The Hall–Kier alpha value is -1.02. The number of nitrogen functional groups attached to an aromatic ring is 1. The van der Waals surface area contributed by atoms with Gasteiger partial charge in [-0.1, -0.05) is 18.6 Å². The molecule has 1 aliphatic heterocycles. The number of nitrogens with one attached hydrogen (secondary N) is 1.